The number of carbonyl (C=O) groups excluding carboxylic acids is 1. The van der Waals surface area contributed by atoms with Gasteiger partial charge in [-0.2, -0.15) is 4.98 Å². The Hall–Kier alpha value is -1.97. The number of nitrogens with zero attached hydrogens (tertiary/aromatic N) is 2. The Balaban J connectivity index is 2.24. The van der Waals surface area contributed by atoms with E-state index in [0.29, 0.717) is 11.7 Å². The van der Waals surface area contributed by atoms with Crippen LogP contribution in [0.15, 0.2) is 34.9 Å². The van der Waals surface area contributed by atoms with Gasteiger partial charge in [0.05, 0.1) is 6.42 Å². The largest absolute Gasteiger partial charge is 0.339 e. The zero-order valence-electron chi connectivity index (χ0n) is 8.30. The number of hydrogen-bond donors (Lipinski definition) is 0. The van der Waals surface area contributed by atoms with Gasteiger partial charge in [0, 0.05) is 5.56 Å². The summed E-state index contributed by atoms with van der Waals surface area (Å²) >= 11 is 0. The molecule has 4 nitrogen and oxygen atoms in total. The first-order chi connectivity index (χ1) is 7.25. The molecule has 0 bridgehead atoms. The predicted molar refractivity (Wildman–Crippen MR) is 54.1 cm³/mol. The fraction of sp³-hybridized carbons (Fsp3) is 0.182. The third-order valence-corrected chi connectivity index (χ3v) is 1.90. The first kappa shape index (κ1) is 9.58. The zero-order chi connectivity index (χ0) is 10.7. The average molecular weight is 202 g/mol. The fourth-order valence-corrected chi connectivity index (χ4v) is 1.24. The summed E-state index contributed by atoms with van der Waals surface area (Å²) in [5.74, 6) is 0.895. The van der Waals surface area contributed by atoms with E-state index in [0.717, 1.165) is 5.56 Å². The minimum Gasteiger partial charge on any atom is -0.339 e. The monoisotopic (exact) mass is 202 g/mol. The smallest absolute Gasteiger partial charge is 0.234 e. The van der Waals surface area contributed by atoms with E-state index < -0.39 is 0 Å². The highest BCUT2D eigenvalue weighted by atomic mass is 16.5. The van der Waals surface area contributed by atoms with Crippen molar-refractivity contribution in [2.24, 2.45) is 0 Å². The van der Waals surface area contributed by atoms with Crippen LogP contribution in [0.25, 0.3) is 11.4 Å². The highest BCUT2D eigenvalue weighted by molar-refractivity contribution is 5.77. The molecule has 0 amide bonds. The topological polar surface area (TPSA) is 56.0 Å². The highest BCUT2D eigenvalue weighted by Gasteiger charge is 2.09. The van der Waals surface area contributed by atoms with E-state index in [2.05, 4.69) is 10.1 Å². The third-order valence-electron chi connectivity index (χ3n) is 1.90. The van der Waals surface area contributed by atoms with Crippen molar-refractivity contribution in [3.05, 3.63) is 36.2 Å². The van der Waals surface area contributed by atoms with Crippen molar-refractivity contribution in [3.63, 3.8) is 0 Å². The van der Waals surface area contributed by atoms with Gasteiger partial charge in [-0.05, 0) is 6.92 Å². The van der Waals surface area contributed by atoms with Crippen LogP contribution in [0.4, 0.5) is 0 Å². The van der Waals surface area contributed by atoms with Crippen molar-refractivity contribution < 1.29 is 9.32 Å². The molecule has 0 radical (unpaired) electrons. The average Bonchev–Trinajstić information content (AvgIpc) is 2.67. The molecule has 0 spiro atoms. The number of hydrogen-bond acceptors (Lipinski definition) is 4. The second kappa shape index (κ2) is 4.04. The number of rotatable bonds is 3. The number of aromatic nitrogens is 2. The molecule has 0 fully saturated rings. The Kier molecular flexibility index (Phi) is 2.58. The summed E-state index contributed by atoms with van der Waals surface area (Å²) in [5.41, 5.74) is 0.885. The van der Waals surface area contributed by atoms with Gasteiger partial charge in [-0.25, -0.2) is 0 Å². The molecule has 1 aromatic heterocycles. The molecule has 1 heterocycles. The molecule has 0 saturated carbocycles. The summed E-state index contributed by atoms with van der Waals surface area (Å²) in [6, 6.07) is 9.50. The molecule has 1 aromatic carbocycles. The number of carbonyl (C=O) groups is 1. The van der Waals surface area contributed by atoms with Crippen LogP contribution in [0.5, 0.6) is 0 Å². The zero-order valence-corrected chi connectivity index (χ0v) is 8.30. The molecule has 4 heteroatoms. The lowest BCUT2D eigenvalue weighted by molar-refractivity contribution is -0.116. The molecule has 0 aliphatic heterocycles. The van der Waals surface area contributed by atoms with Crippen LogP contribution in [-0.4, -0.2) is 15.9 Å². The molecule has 0 aliphatic rings. The Morgan fingerprint density at radius 3 is 2.73 bits per heavy atom. The normalized spacial score (nSPS) is 10.2. The lowest BCUT2D eigenvalue weighted by atomic mass is 10.2. The Labute approximate surface area is 86.9 Å². The number of benzene rings is 1. The summed E-state index contributed by atoms with van der Waals surface area (Å²) in [5, 5.41) is 3.80. The summed E-state index contributed by atoms with van der Waals surface area (Å²) in [6.07, 6.45) is 0.194. The molecule has 0 N–H and O–H groups in total. The molecule has 0 unspecified atom stereocenters. The van der Waals surface area contributed by atoms with Gasteiger partial charge in [-0.1, -0.05) is 35.5 Å². The molecule has 15 heavy (non-hydrogen) atoms. The van der Waals surface area contributed by atoms with Crippen molar-refractivity contribution in [2.45, 2.75) is 13.3 Å². The van der Waals surface area contributed by atoms with E-state index in [1.54, 1.807) is 0 Å². The van der Waals surface area contributed by atoms with Crippen LogP contribution in [0.3, 0.4) is 0 Å². The molecule has 2 rings (SSSR count). The first-order valence-corrected chi connectivity index (χ1v) is 4.63. The van der Waals surface area contributed by atoms with Crippen LogP contribution in [-0.2, 0) is 11.2 Å². The summed E-state index contributed by atoms with van der Waals surface area (Å²) in [6.45, 7) is 1.49. The molecule has 0 saturated heterocycles. The second-order valence-corrected chi connectivity index (χ2v) is 3.26. The predicted octanol–water partition coefficient (Wildman–Crippen LogP) is 1.87. The van der Waals surface area contributed by atoms with E-state index in [4.69, 9.17) is 4.52 Å². The van der Waals surface area contributed by atoms with Crippen molar-refractivity contribution in [3.8, 4) is 11.4 Å². The van der Waals surface area contributed by atoms with Crippen LogP contribution < -0.4 is 0 Å². The van der Waals surface area contributed by atoms with Gasteiger partial charge >= 0.3 is 0 Å². The fourth-order valence-electron chi connectivity index (χ4n) is 1.24. The molecular weight excluding hydrogens is 192 g/mol. The summed E-state index contributed by atoms with van der Waals surface area (Å²) in [4.78, 5) is 15.0. The van der Waals surface area contributed by atoms with E-state index in [-0.39, 0.29) is 12.2 Å². The molecular formula is C11H10N2O2. The summed E-state index contributed by atoms with van der Waals surface area (Å²) < 4.78 is 4.95. The lowest BCUT2D eigenvalue weighted by Crippen LogP contribution is -1.95. The maximum absolute atomic E-state index is 10.8. The van der Waals surface area contributed by atoms with E-state index in [1.807, 2.05) is 30.3 Å². The Morgan fingerprint density at radius 1 is 1.33 bits per heavy atom. The van der Waals surface area contributed by atoms with Gasteiger partial charge in [-0.15, -0.1) is 0 Å². The van der Waals surface area contributed by atoms with Gasteiger partial charge in [-0.3, -0.25) is 4.79 Å². The van der Waals surface area contributed by atoms with Crippen LogP contribution in [0, 0.1) is 0 Å². The molecule has 0 aliphatic carbocycles. The Bertz CT molecular complexity index is 462. The number of ketones is 1. The van der Waals surface area contributed by atoms with Crippen molar-refractivity contribution in [2.75, 3.05) is 0 Å². The standard InChI is InChI=1S/C11H10N2O2/c1-8(14)7-10-12-11(13-15-10)9-5-3-2-4-6-9/h2-6H,7H2,1H3. The van der Waals surface area contributed by atoms with Crippen LogP contribution >= 0.6 is 0 Å². The molecule has 2 aromatic rings. The first-order valence-electron chi connectivity index (χ1n) is 4.63. The van der Waals surface area contributed by atoms with Gasteiger partial charge < -0.3 is 4.52 Å². The van der Waals surface area contributed by atoms with E-state index in [1.165, 1.54) is 6.92 Å². The Morgan fingerprint density at radius 2 is 2.07 bits per heavy atom. The number of Topliss-reactive ketones (excluding diaryl/α,β-unsaturated/α-hetero) is 1. The maximum Gasteiger partial charge on any atom is 0.234 e. The summed E-state index contributed by atoms with van der Waals surface area (Å²) in [7, 11) is 0. The minimum atomic E-state index is 0.0123. The van der Waals surface area contributed by atoms with Gasteiger partial charge in [0.15, 0.2) is 0 Å². The molecule has 76 valence electrons. The molecule has 0 atom stereocenters. The van der Waals surface area contributed by atoms with Gasteiger partial charge in [0.1, 0.15) is 5.78 Å². The van der Waals surface area contributed by atoms with Crippen molar-refractivity contribution >= 4 is 5.78 Å². The van der Waals surface area contributed by atoms with E-state index in [9.17, 15) is 4.79 Å². The maximum atomic E-state index is 10.8. The quantitative estimate of drug-likeness (QED) is 0.762. The highest BCUT2D eigenvalue weighted by Crippen LogP contribution is 2.14. The minimum absolute atomic E-state index is 0.0123. The van der Waals surface area contributed by atoms with Crippen LogP contribution in [0.1, 0.15) is 12.8 Å². The van der Waals surface area contributed by atoms with Crippen molar-refractivity contribution in [1.29, 1.82) is 0 Å². The van der Waals surface area contributed by atoms with Crippen molar-refractivity contribution in [1.82, 2.24) is 10.1 Å². The second-order valence-electron chi connectivity index (χ2n) is 3.26. The lowest BCUT2D eigenvalue weighted by Gasteiger charge is -1.90. The SMILES string of the molecule is CC(=O)Cc1nc(-c2ccccc2)no1. The third kappa shape index (κ3) is 2.28. The van der Waals surface area contributed by atoms with Gasteiger partial charge in [0.25, 0.3) is 0 Å². The van der Waals surface area contributed by atoms with Gasteiger partial charge in [0.2, 0.25) is 11.7 Å². The van der Waals surface area contributed by atoms with E-state index >= 15 is 0 Å². The van der Waals surface area contributed by atoms with Crippen LogP contribution in [0.2, 0.25) is 0 Å².